The molecule has 12 aromatic carbocycles. The second-order valence-electron chi connectivity index (χ2n) is 19.8. The predicted octanol–water partition coefficient (Wildman–Crippen LogP) is 18.5. The number of nitrogens with zero attached hydrogens (tertiary/aromatic N) is 2. The highest BCUT2D eigenvalue weighted by molar-refractivity contribution is 6.11. The van der Waals surface area contributed by atoms with Gasteiger partial charge in [0.1, 0.15) is 0 Å². The third kappa shape index (κ3) is 5.82. The van der Waals surface area contributed by atoms with Crippen LogP contribution in [0.25, 0.3) is 44.2 Å². The lowest BCUT2D eigenvalue weighted by Gasteiger charge is -2.37. The molecule has 346 valence electrons. The Balaban J connectivity index is 1.03. The van der Waals surface area contributed by atoms with Gasteiger partial charge in [0, 0.05) is 39.3 Å². The minimum absolute atomic E-state index is 0.498. The normalized spacial score (nSPS) is 14.9. The first-order valence-electron chi connectivity index (χ1n) is 25.8. The molecule has 1 atom stereocenters. The van der Waals surface area contributed by atoms with Crippen LogP contribution in [0.5, 0.6) is 0 Å². The van der Waals surface area contributed by atoms with E-state index in [0.29, 0.717) is 0 Å². The Morgan fingerprint density at radius 2 is 0.703 bits per heavy atom. The quantitative estimate of drug-likeness (QED) is 0.150. The molecule has 3 aliphatic carbocycles. The van der Waals surface area contributed by atoms with E-state index in [1.54, 1.807) is 0 Å². The van der Waals surface area contributed by atoms with Gasteiger partial charge in [0.15, 0.2) is 0 Å². The average Bonchev–Trinajstić information content (AvgIpc) is 4.08. The zero-order valence-corrected chi connectivity index (χ0v) is 40.6. The minimum Gasteiger partial charge on any atom is -0.310 e. The van der Waals surface area contributed by atoms with Crippen molar-refractivity contribution in [1.82, 2.24) is 0 Å². The molecule has 0 aliphatic heterocycles. The summed E-state index contributed by atoms with van der Waals surface area (Å²) in [5, 5.41) is 2.42. The minimum atomic E-state index is -0.681. The third-order valence-corrected chi connectivity index (χ3v) is 16.3. The molecule has 0 N–H and O–H groups in total. The highest BCUT2D eigenvalue weighted by Crippen LogP contribution is 2.68. The monoisotopic (exact) mass is 940 g/mol. The van der Waals surface area contributed by atoms with Crippen molar-refractivity contribution in [3.8, 4) is 33.4 Å². The molecule has 0 saturated carbocycles. The summed E-state index contributed by atoms with van der Waals surface area (Å²) in [7, 11) is 0. The van der Waals surface area contributed by atoms with Crippen LogP contribution in [-0.2, 0) is 10.8 Å². The first kappa shape index (κ1) is 42.2. The van der Waals surface area contributed by atoms with Crippen molar-refractivity contribution in [2.45, 2.75) is 10.8 Å². The third-order valence-electron chi connectivity index (χ3n) is 16.3. The maximum atomic E-state index is 2.52. The standard InChI is InChI=1S/C72H48N2/c1-6-26-50(27-7-1)71(51-28-8-2-9-29-51)62-40-21-18-37-57(62)60-48-55(45-46-65(60)71)73(52-30-10-3-11-31-52)67-44-24-43-66-68(67)59-39-20-23-42-64(59)72(66)63-41-22-19-38-58(63)61-47-49-25-16-17-36-56(49)70(69(61)72)74(53-32-12-4-13-33-53)54-34-14-5-15-35-54/h1-48H. The molecule has 12 aromatic rings. The van der Waals surface area contributed by atoms with Crippen molar-refractivity contribution in [2.24, 2.45) is 0 Å². The number of benzene rings is 12. The summed E-state index contributed by atoms with van der Waals surface area (Å²) in [6.45, 7) is 0. The lowest BCUT2D eigenvalue weighted by molar-refractivity contribution is 0.768. The first-order chi connectivity index (χ1) is 36.8. The van der Waals surface area contributed by atoms with Crippen LogP contribution in [0, 0.1) is 0 Å². The molecule has 15 rings (SSSR count). The van der Waals surface area contributed by atoms with Crippen LogP contribution < -0.4 is 9.80 Å². The lowest BCUT2D eigenvalue weighted by Crippen LogP contribution is -2.28. The van der Waals surface area contributed by atoms with Crippen LogP contribution in [0.3, 0.4) is 0 Å². The van der Waals surface area contributed by atoms with E-state index in [4.69, 9.17) is 0 Å². The second-order valence-corrected chi connectivity index (χ2v) is 19.8. The van der Waals surface area contributed by atoms with Crippen LogP contribution in [0.4, 0.5) is 34.1 Å². The molecular formula is C72H48N2. The van der Waals surface area contributed by atoms with Crippen molar-refractivity contribution < 1.29 is 0 Å². The molecule has 0 bridgehead atoms. The van der Waals surface area contributed by atoms with E-state index >= 15 is 0 Å². The van der Waals surface area contributed by atoms with Crippen molar-refractivity contribution in [3.05, 3.63) is 336 Å². The van der Waals surface area contributed by atoms with E-state index in [2.05, 4.69) is 301 Å². The summed E-state index contributed by atoms with van der Waals surface area (Å²) in [6.07, 6.45) is 0. The molecule has 1 unspecified atom stereocenters. The highest BCUT2D eigenvalue weighted by atomic mass is 15.2. The van der Waals surface area contributed by atoms with Crippen LogP contribution in [0.15, 0.2) is 291 Å². The van der Waals surface area contributed by atoms with Crippen molar-refractivity contribution >= 4 is 44.9 Å². The topological polar surface area (TPSA) is 6.48 Å². The van der Waals surface area contributed by atoms with Gasteiger partial charge in [0.05, 0.1) is 22.2 Å². The lowest BCUT2D eigenvalue weighted by atomic mass is 9.68. The molecule has 2 nitrogen and oxygen atoms in total. The molecule has 0 fully saturated rings. The number of hydrogen-bond donors (Lipinski definition) is 0. The summed E-state index contributed by atoms with van der Waals surface area (Å²) in [5.41, 5.74) is 23.4. The molecule has 2 heteroatoms. The molecule has 0 radical (unpaired) electrons. The number of para-hydroxylation sites is 3. The second kappa shape index (κ2) is 16.5. The van der Waals surface area contributed by atoms with Gasteiger partial charge in [-0.2, -0.15) is 0 Å². The molecule has 0 heterocycles. The zero-order valence-electron chi connectivity index (χ0n) is 40.6. The average molecular weight is 941 g/mol. The largest absolute Gasteiger partial charge is 0.310 e. The Hall–Kier alpha value is -9.50. The Labute approximate surface area is 432 Å². The molecule has 0 aromatic heterocycles. The Bertz CT molecular complexity index is 4050. The van der Waals surface area contributed by atoms with Crippen LogP contribution >= 0.6 is 0 Å². The van der Waals surface area contributed by atoms with E-state index in [-0.39, 0.29) is 0 Å². The van der Waals surface area contributed by atoms with E-state index in [0.717, 1.165) is 28.4 Å². The van der Waals surface area contributed by atoms with Crippen molar-refractivity contribution in [3.63, 3.8) is 0 Å². The van der Waals surface area contributed by atoms with Crippen molar-refractivity contribution in [1.29, 1.82) is 0 Å². The summed E-state index contributed by atoms with van der Waals surface area (Å²) in [4.78, 5) is 5.04. The number of fused-ring (bicyclic) bond motifs is 14. The molecule has 0 saturated heterocycles. The van der Waals surface area contributed by atoms with Gasteiger partial charge >= 0.3 is 0 Å². The van der Waals surface area contributed by atoms with Crippen LogP contribution in [0.1, 0.15) is 44.5 Å². The zero-order chi connectivity index (χ0) is 48.8. The van der Waals surface area contributed by atoms with Gasteiger partial charge in [0.25, 0.3) is 0 Å². The number of anilines is 6. The van der Waals surface area contributed by atoms with E-state index in [1.165, 1.54) is 94.3 Å². The van der Waals surface area contributed by atoms with E-state index in [9.17, 15) is 0 Å². The summed E-state index contributed by atoms with van der Waals surface area (Å²) in [6, 6.07) is 108. The van der Waals surface area contributed by atoms with Crippen LogP contribution in [-0.4, -0.2) is 0 Å². The van der Waals surface area contributed by atoms with Gasteiger partial charge in [0.2, 0.25) is 0 Å². The van der Waals surface area contributed by atoms with Gasteiger partial charge in [-0.25, -0.2) is 0 Å². The Morgan fingerprint density at radius 3 is 1.31 bits per heavy atom. The van der Waals surface area contributed by atoms with Gasteiger partial charge in [-0.05, 0) is 133 Å². The smallest absolute Gasteiger partial charge is 0.0747 e. The van der Waals surface area contributed by atoms with Crippen LogP contribution in [0.2, 0.25) is 0 Å². The number of rotatable bonds is 8. The summed E-state index contributed by atoms with van der Waals surface area (Å²) in [5.74, 6) is 0. The molecule has 0 amide bonds. The number of hydrogen-bond acceptors (Lipinski definition) is 2. The Kier molecular flexibility index (Phi) is 9.43. The van der Waals surface area contributed by atoms with Gasteiger partial charge in [-0.1, -0.05) is 231 Å². The van der Waals surface area contributed by atoms with Gasteiger partial charge in [-0.3, -0.25) is 0 Å². The molecule has 3 aliphatic rings. The maximum Gasteiger partial charge on any atom is 0.0747 e. The molecular weight excluding hydrogens is 893 g/mol. The van der Waals surface area contributed by atoms with E-state index in [1.807, 2.05) is 0 Å². The van der Waals surface area contributed by atoms with Gasteiger partial charge < -0.3 is 9.80 Å². The highest BCUT2D eigenvalue weighted by Gasteiger charge is 2.55. The fraction of sp³-hybridized carbons (Fsp3) is 0.0278. The first-order valence-corrected chi connectivity index (χ1v) is 25.8. The fourth-order valence-electron chi connectivity index (χ4n) is 13.5. The molecule has 1 spiro atoms. The maximum absolute atomic E-state index is 2.52. The SMILES string of the molecule is c1ccc(N(c2ccc3c(c2)-c2ccccc2C3(c2ccccc2)c2ccccc2)c2cccc3c2-c2ccccc2C32c3ccccc3-c3cc4ccccc4c(N(c4ccccc4)c4ccccc4)c32)cc1. The summed E-state index contributed by atoms with van der Waals surface area (Å²) < 4.78 is 0. The van der Waals surface area contributed by atoms with Crippen molar-refractivity contribution in [2.75, 3.05) is 9.80 Å². The summed E-state index contributed by atoms with van der Waals surface area (Å²) >= 11 is 0. The predicted molar refractivity (Wildman–Crippen MR) is 307 cm³/mol. The fourth-order valence-corrected chi connectivity index (χ4v) is 13.5. The molecule has 74 heavy (non-hydrogen) atoms. The van der Waals surface area contributed by atoms with Gasteiger partial charge in [-0.15, -0.1) is 0 Å². The van der Waals surface area contributed by atoms with E-state index < -0.39 is 10.8 Å². The Morgan fingerprint density at radius 1 is 0.257 bits per heavy atom.